The Kier molecular flexibility index (Phi) is 5.54. The van der Waals surface area contributed by atoms with Gasteiger partial charge in [-0.2, -0.15) is 0 Å². The monoisotopic (exact) mass is 443 g/mol. The van der Waals surface area contributed by atoms with Crippen LogP contribution in [0.3, 0.4) is 0 Å². The van der Waals surface area contributed by atoms with Crippen molar-refractivity contribution >= 4 is 28.2 Å². The number of aromatic nitrogens is 1. The van der Waals surface area contributed by atoms with Gasteiger partial charge in [-0.3, -0.25) is 4.79 Å². The molecule has 2 aromatic heterocycles. The molecule has 0 bridgehead atoms. The molecular formula is C23H26FN3O3S. The number of β-amino-alcohol motifs (C(OH)–C–C–N with tert-alkyl or cyclic N) is 1. The van der Waals surface area contributed by atoms with Gasteiger partial charge in [0.15, 0.2) is 5.58 Å². The first-order chi connectivity index (χ1) is 15.0. The second kappa shape index (κ2) is 8.33. The van der Waals surface area contributed by atoms with Crippen LogP contribution in [0.5, 0.6) is 0 Å². The Morgan fingerprint density at radius 2 is 2.19 bits per heavy atom. The number of halogens is 1. The summed E-state index contributed by atoms with van der Waals surface area (Å²) in [6.07, 6.45) is 2.93. The van der Waals surface area contributed by atoms with Gasteiger partial charge in [-0.05, 0) is 57.8 Å². The molecule has 6 nitrogen and oxygen atoms in total. The van der Waals surface area contributed by atoms with Gasteiger partial charge in [-0.15, -0.1) is 11.3 Å². The van der Waals surface area contributed by atoms with Gasteiger partial charge in [0.1, 0.15) is 5.82 Å². The number of aliphatic hydroxyl groups is 1. The molecule has 3 aromatic rings. The smallest absolute Gasteiger partial charge is 0.252 e. The van der Waals surface area contributed by atoms with Gasteiger partial charge >= 0.3 is 0 Å². The van der Waals surface area contributed by atoms with Crippen LogP contribution in [0.25, 0.3) is 11.0 Å². The molecule has 164 valence electrons. The topological polar surface area (TPSA) is 78.6 Å². The molecular weight excluding hydrogens is 417 g/mol. The lowest BCUT2D eigenvalue weighted by atomic mass is 9.91. The lowest BCUT2D eigenvalue weighted by Crippen LogP contribution is -2.36. The van der Waals surface area contributed by atoms with E-state index in [2.05, 4.69) is 15.4 Å². The van der Waals surface area contributed by atoms with E-state index in [1.165, 1.54) is 12.1 Å². The van der Waals surface area contributed by atoms with Crippen molar-refractivity contribution < 1.29 is 18.8 Å². The number of nitrogens with one attached hydrogen (secondary N) is 1. The summed E-state index contributed by atoms with van der Waals surface area (Å²) in [6, 6.07) is 4.55. The molecule has 2 N–H and O–H groups in total. The summed E-state index contributed by atoms with van der Waals surface area (Å²) < 4.78 is 18.7. The molecule has 1 amide bonds. The maximum Gasteiger partial charge on any atom is 0.252 e. The zero-order chi connectivity index (χ0) is 21.5. The van der Waals surface area contributed by atoms with Crippen LogP contribution >= 0.6 is 11.3 Å². The fourth-order valence-electron chi connectivity index (χ4n) is 4.93. The zero-order valence-corrected chi connectivity index (χ0v) is 18.3. The number of benzene rings is 1. The third kappa shape index (κ3) is 3.88. The van der Waals surface area contributed by atoms with Crippen LogP contribution in [-0.2, 0) is 6.42 Å². The number of likely N-dealkylation sites (tertiary alicyclic amines) is 1. The second-order valence-electron chi connectivity index (χ2n) is 8.53. The minimum atomic E-state index is -0.684. The molecule has 0 spiro atoms. The minimum Gasteiger partial charge on any atom is -0.387 e. The molecule has 31 heavy (non-hydrogen) atoms. The van der Waals surface area contributed by atoms with Gasteiger partial charge in [-0.25, -0.2) is 4.39 Å². The second-order valence-corrected chi connectivity index (χ2v) is 9.84. The molecule has 0 radical (unpaired) electrons. The lowest BCUT2D eigenvalue weighted by Gasteiger charge is -2.32. The van der Waals surface area contributed by atoms with E-state index in [0.717, 1.165) is 65.2 Å². The Balaban J connectivity index is 1.27. The molecule has 5 rings (SSSR count). The van der Waals surface area contributed by atoms with Crippen LogP contribution in [0.1, 0.15) is 62.7 Å². The molecule has 1 saturated heterocycles. The Morgan fingerprint density at radius 3 is 3.00 bits per heavy atom. The Morgan fingerprint density at radius 1 is 1.39 bits per heavy atom. The van der Waals surface area contributed by atoms with Crippen LogP contribution in [-0.4, -0.2) is 47.2 Å². The Labute approximate surface area is 184 Å². The number of fused-ring (bicyclic) bond motifs is 2. The van der Waals surface area contributed by atoms with E-state index in [1.807, 2.05) is 6.92 Å². The number of rotatable bonds is 4. The number of hydrogen-bond donors (Lipinski definition) is 2. The SMILES string of the molecule is Cc1sc2c(c1C(O)CN1CCC(c3noc4cc(F)ccc34)CC1)C(=O)NCCC2. The average Bonchev–Trinajstić information content (AvgIpc) is 3.26. The molecule has 1 unspecified atom stereocenters. The first-order valence-electron chi connectivity index (χ1n) is 10.9. The number of aryl methyl sites for hydroxylation is 2. The van der Waals surface area contributed by atoms with Gasteiger partial charge in [0.05, 0.1) is 17.4 Å². The fourth-order valence-corrected chi connectivity index (χ4v) is 6.20. The van der Waals surface area contributed by atoms with E-state index in [0.29, 0.717) is 24.2 Å². The molecule has 2 aliphatic heterocycles. The third-order valence-electron chi connectivity index (χ3n) is 6.50. The Hall–Kier alpha value is -2.29. The number of aliphatic hydroxyl groups excluding tert-OH is 1. The summed E-state index contributed by atoms with van der Waals surface area (Å²) in [5, 5.41) is 19.1. The summed E-state index contributed by atoms with van der Waals surface area (Å²) in [5.74, 6) is -0.127. The van der Waals surface area contributed by atoms with Crippen molar-refractivity contribution in [3.63, 3.8) is 0 Å². The van der Waals surface area contributed by atoms with E-state index >= 15 is 0 Å². The summed E-state index contributed by atoms with van der Waals surface area (Å²) in [4.78, 5) is 16.9. The highest BCUT2D eigenvalue weighted by Crippen LogP contribution is 2.37. The van der Waals surface area contributed by atoms with Gasteiger partial charge in [0.25, 0.3) is 5.91 Å². The Bertz CT molecular complexity index is 1120. The number of thiophene rings is 1. The van der Waals surface area contributed by atoms with Gasteiger partial charge < -0.3 is 19.8 Å². The summed E-state index contributed by atoms with van der Waals surface area (Å²) in [7, 11) is 0. The maximum absolute atomic E-state index is 13.4. The van der Waals surface area contributed by atoms with Crippen molar-refractivity contribution in [3.05, 3.63) is 50.6 Å². The van der Waals surface area contributed by atoms with Gasteiger partial charge in [-0.1, -0.05) is 5.16 Å². The van der Waals surface area contributed by atoms with Crippen molar-refractivity contribution in [3.8, 4) is 0 Å². The van der Waals surface area contributed by atoms with Crippen molar-refractivity contribution in [2.24, 2.45) is 0 Å². The number of carbonyl (C=O) groups excluding carboxylic acids is 1. The van der Waals surface area contributed by atoms with Crippen LogP contribution in [0.15, 0.2) is 22.7 Å². The number of hydrogen-bond acceptors (Lipinski definition) is 6. The quantitative estimate of drug-likeness (QED) is 0.639. The van der Waals surface area contributed by atoms with Crippen molar-refractivity contribution in [1.82, 2.24) is 15.4 Å². The van der Waals surface area contributed by atoms with Crippen molar-refractivity contribution in [1.29, 1.82) is 0 Å². The summed E-state index contributed by atoms with van der Waals surface area (Å²) >= 11 is 1.64. The van der Waals surface area contributed by atoms with E-state index in [4.69, 9.17) is 4.52 Å². The molecule has 1 aromatic carbocycles. The fraction of sp³-hybridized carbons (Fsp3) is 0.478. The first kappa shape index (κ1) is 20.6. The summed E-state index contributed by atoms with van der Waals surface area (Å²) in [5.41, 5.74) is 2.88. The molecule has 1 atom stereocenters. The molecule has 0 saturated carbocycles. The van der Waals surface area contributed by atoms with Crippen LogP contribution in [0.4, 0.5) is 4.39 Å². The molecule has 4 heterocycles. The van der Waals surface area contributed by atoms with Gasteiger partial charge in [0.2, 0.25) is 0 Å². The van der Waals surface area contributed by atoms with Gasteiger partial charge in [0, 0.05) is 45.8 Å². The number of piperidine rings is 1. The highest BCUT2D eigenvalue weighted by atomic mass is 32.1. The molecule has 1 fully saturated rings. The molecule has 8 heteroatoms. The van der Waals surface area contributed by atoms with Crippen molar-refractivity contribution in [2.75, 3.05) is 26.2 Å². The third-order valence-corrected chi connectivity index (χ3v) is 7.68. The molecule has 2 aliphatic rings. The standard InChI is InChI=1S/C23H26FN3O3S/c1-13-20(21-19(31-13)3-2-8-25-23(21)29)17(28)12-27-9-6-14(7-10-27)22-16-5-4-15(24)11-18(16)30-26-22/h4-5,11,14,17,28H,2-3,6-10,12H2,1H3,(H,25,29). The predicted octanol–water partition coefficient (Wildman–Crippen LogP) is 3.93. The van der Waals surface area contributed by atoms with Crippen LogP contribution in [0, 0.1) is 12.7 Å². The molecule has 0 aliphatic carbocycles. The highest BCUT2D eigenvalue weighted by molar-refractivity contribution is 7.12. The van der Waals surface area contributed by atoms with E-state index in [-0.39, 0.29) is 17.6 Å². The maximum atomic E-state index is 13.4. The van der Waals surface area contributed by atoms with Crippen molar-refractivity contribution in [2.45, 2.75) is 44.6 Å². The predicted molar refractivity (Wildman–Crippen MR) is 117 cm³/mol. The normalized spacial score (nSPS) is 19.3. The van der Waals surface area contributed by atoms with E-state index in [9.17, 15) is 14.3 Å². The first-order valence-corrected chi connectivity index (χ1v) is 11.7. The minimum absolute atomic E-state index is 0.0565. The average molecular weight is 444 g/mol. The van der Waals surface area contributed by atoms with Crippen LogP contribution in [0.2, 0.25) is 0 Å². The zero-order valence-electron chi connectivity index (χ0n) is 17.5. The van der Waals surface area contributed by atoms with E-state index < -0.39 is 6.10 Å². The summed E-state index contributed by atoms with van der Waals surface area (Å²) in [6.45, 7) is 4.85. The van der Waals surface area contributed by atoms with E-state index in [1.54, 1.807) is 17.4 Å². The van der Waals surface area contributed by atoms with Crippen LogP contribution < -0.4 is 5.32 Å². The number of amides is 1. The highest BCUT2D eigenvalue weighted by Gasteiger charge is 2.30. The largest absolute Gasteiger partial charge is 0.387 e. The number of nitrogens with zero attached hydrogens (tertiary/aromatic N) is 2. The number of carbonyl (C=O) groups is 1. The lowest BCUT2D eigenvalue weighted by molar-refractivity contribution is 0.0896.